The van der Waals surface area contributed by atoms with Crippen molar-refractivity contribution in [1.82, 2.24) is 15.0 Å². The van der Waals surface area contributed by atoms with Crippen LogP contribution in [0.15, 0.2) is 36.6 Å². The van der Waals surface area contributed by atoms with Crippen LogP contribution in [0.5, 0.6) is 0 Å². The molecular weight excluding hydrogens is 174 g/mol. The van der Waals surface area contributed by atoms with E-state index < -0.39 is 0 Å². The smallest absolute Gasteiger partial charge is 0.113 e. The van der Waals surface area contributed by atoms with E-state index in [4.69, 9.17) is 0 Å². The fourth-order valence-corrected chi connectivity index (χ4v) is 1.08. The third-order valence-electron chi connectivity index (χ3n) is 1.71. The highest BCUT2D eigenvalue weighted by Crippen LogP contribution is 2.11. The van der Waals surface area contributed by atoms with Gasteiger partial charge in [-0.15, -0.1) is 0 Å². The van der Waals surface area contributed by atoms with Crippen molar-refractivity contribution >= 4 is 5.57 Å². The maximum Gasteiger partial charge on any atom is 0.113 e. The Morgan fingerprint density at radius 2 is 2.14 bits per heavy atom. The van der Waals surface area contributed by atoms with Crippen molar-refractivity contribution in [2.75, 3.05) is 0 Å². The van der Waals surface area contributed by atoms with Crippen molar-refractivity contribution in [3.05, 3.63) is 42.3 Å². The topological polar surface area (TPSA) is 30.7 Å². The quantitative estimate of drug-likeness (QED) is 0.683. The molecule has 14 heavy (non-hydrogen) atoms. The largest absolute Gasteiger partial charge is 0.187 e. The molecule has 0 N–H and O–H groups in total. The van der Waals surface area contributed by atoms with Crippen LogP contribution in [-0.4, -0.2) is 15.0 Å². The third kappa shape index (κ3) is 2.69. The van der Waals surface area contributed by atoms with Crippen LogP contribution in [0.4, 0.5) is 0 Å². The Bertz CT molecular complexity index is 370. The molecule has 0 atom stereocenters. The summed E-state index contributed by atoms with van der Waals surface area (Å²) in [5.41, 5.74) is 1.96. The lowest BCUT2D eigenvalue weighted by molar-refractivity contribution is 0.652. The van der Waals surface area contributed by atoms with Crippen LogP contribution in [0.1, 0.15) is 19.5 Å². The Labute approximate surface area is 84.4 Å². The average molecular weight is 189 g/mol. The molecule has 1 rings (SSSR count). The van der Waals surface area contributed by atoms with Gasteiger partial charge >= 0.3 is 0 Å². The first-order valence-electron chi connectivity index (χ1n) is 4.60. The van der Waals surface area contributed by atoms with Gasteiger partial charge in [-0.2, -0.15) is 15.0 Å². The SMILES string of the molecule is C\C=C/C=C(\C=C/C)c1cnn(C)n1. The van der Waals surface area contributed by atoms with Crippen molar-refractivity contribution in [1.29, 1.82) is 0 Å². The summed E-state index contributed by atoms with van der Waals surface area (Å²) < 4.78 is 0. The fraction of sp³-hybridized carbons (Fsp3) is 0.273. The molecule has 0 fully saturated rings. The molecule has 0 bridgehead atoms. The minimum atomic E-state index is 0.892. The molecule has 0 saturated carbocycles. The van der Waals surface area contributed by atoms with E-state index in [0.717, 1.165) is 11.3 Å². The molecule has 0 radical (unpaired) electrons. The lowest BCUT2D eigenvalue weighted by atomic mass is 10.1. The molecular formula is C11H15N3. The molecule has 1 aromatic heterocycles. The molecule has 1 heterocycles. The van der Waals surface area contributed by atoms with E-state index in [1.807, 2.05) is 51.3 Å². The van der Waals surface area contributed by atoms with Gasteiger partial charge in [0.1, 0.15) is 5.69 Å². The predicted octanol–water partition coefficient (Wildman–Crippen LogP) is 2.35. The van der Waals surface area contributed by atoms with Gasteiger partial charge in [0.2, 0.25) is 0 Å². The number of aromatic nitrogens is 3. The van der Waals surface area contributed by atoms with Crippen LogP contribution in [0.3, 0.4) is 0 Å². The number of rotatable bonds is 3. The summed E-state index contributed by atoms with van der Waals surface area (Å²) >= 11 is 0. The molecule has 3 heteroatoms. The molecule has 1 aromatic rings. The van der Waals surface area contributed by atoms with Crippen LogP contribution in [0.2, 0.25) is 0 Å². The van der Waals surface area contributed by atoms with Gasteiger partial charge in [0.05, 0.1) is 6.20 Å². The van der Waals surface area contributed by atoms with Gasteiger partial charge in [0.15, 0.2) is 0 Å². The van der Waals surface area contributed by atoms with Gasteiger partial charge in [-0.3, -0.25) is 0 Å². The standard InChI is InChI=1S/C11H15N3/c1-4-6-8-10(7-5-2)11-9-12-14(3)13-11/h4-9H,1-3H3/b6-4-,7-5-,10-8+. The van der Waals surface area contributed by atoms with E-state index in [0.29, 0.717) is 0 Å². The van der Waals surface area contributed by atoms with Gasteiger partial charge in [-0.05, 0) is 13.8 Å². The van der Waals surface area contributed by atoms with Crippen molar-refractivity contribution in [3.63, 3.8) is 0 Å². The van der Waals surface area contributed by atoms with E-state index in [2.05, 4.69) is 10.2 Å². The summed E-state index contributed by atoms with van der Waals surface area (Å²) in [6.45, 7) is 3.97. The summed E-state index contributed by atoms with van der Waals surface area (Å²) in [5.74, 6) is 0. The maximum absolute atomic E-state index is 4.23. The first kappa shape index (κ1) is 10.4. The molecule has 0 aliphatic carbocycles. The number of aryl methyl sites for hydroxylation is 1. The van der Waals surface area contributed by atoms with E-state index in [1.54, 1.807) is 11.0 Å². The van der Waals surface area contributed by atoms with Gasteiger partial charge in [-0.25, -0.2) is 0 Å². The van der Waals surface area contributed by atoms with Gasteiger partial charge in [0, 0.05) is 12.6 Å². The number of hydrogen-bond donors (Lipinski definition) is 0. The van der Waals surface area contributed by atoms with Crippen LogP contribution < -0.4 is 0 Å². The highest BCUT2D eigenvalue weighted by atomic mass is 15.4. The molecule has 0 amide bonds. The van der Waals surface area contributed by atoms with E-state index in [9.17, 15) is 0 Å². The minimum Gasteiger partial charge on any atom is -0.187 e. The number of hydrogen-bond acceptors (Lipinski definition) is 2. The highest BCUT2D eigenvalue weighted by Gasteiger charge is 2.00. The Morgan fingerprint density at radius 3 is 2.64 bits per heavy atom. The van der Waals surface area contributed by atoms with Crippen molar-refractivity contribution in [2.24, 2.45) is 7.05 Å². The fourth-order valence-electron chi connectivity index (χ4n) is 1.08. The predicted molar refractivity (Wildman–Crippen MR) is 58.6 cm³/mol. The minimum absolute atomic E-state index is 0.892. The van der Waals surface area contributed by atoms with Crippen molar-refractivity contribution in [2.45, 2.75) is 13.8 Å². The molecule has 0 aliphatic heterocycles. The van der Waals surface area contributed by atoms with Crippen molar-refractivity contribution in [3.8, 4) is 0 Å². The maximum atomic E-state index is 4.23. The summed E-state index contributed by atoms with van der Waals surface area (Å²) in [7, 11) is 1.81. The second-order valence-electron chi connectivity index (χ2n) is 2.87. The zero-order chi connectivity index (χ0) is 10.4. The van der Waals surface area contributed by atoms with Gasteiger partial charge < -0.3 is 0 Å². The Hall–Kier alpha value is -1.64. The van der Waals surface area contributed by atoms with Crippen LogP contribution in [-0.2, 0) is 7.05 Å². The zero-order valence-corrected chi connectivity index (χ0v) is 8.81. The lowest BCUT2D eigenvalue weighted by Crippen LogP contribution is -1.92. The molecule has 3 nitrogen and oxygen atoms in total. The van der Waals surface area contributed by atoms with Crippen LogP contribution >= 0.6 is 0 Å². The van der Waals surface area contributed by atoms with Crippen LogP contribution in [0, 0.1) is 0 Å². The molecule has 0 aromatic carbocycles. The van der Waals surface area contributed by atoms with E-state index in [-0.39, 0.29) is 0 Å². The first-order valence-corrected chi connectivity index (χ1v) is 4.60. The van der Waals surface area contributed by atoms with Gasteiger partial charge in [-0.1, -0.05) is 30.4 Å². The van der Waals surface area contributed by atoms with Crippen LogP contribution in [0.25, 0.3) is 5.57 Å². The monoisotopic (exact) mass is 189 g/mol. The Kier molecular flexibility index (Phi) is 3.85. The zero-order valence-electron chi connectivity index (χ0n) is 8.81. The Balaban J connectivity index is 2.99. The number of allylic oxidation sites excluding steroid dienone is 6. The normalized spacial score (nSPS) is 13.2. The Morgan fingerprint density at radius 1 is 1.36 bits per heavy atom. The third-order valence-corrected chi connectivity index (χ3v) is 1.71. The molecule has 0 spiro atoms. The molecule has 0 unspecified atom stereocenters. The highest BCUT2D eigenvalue weighted by molar-refractivity contribution is 5.72. The summed E-state index contributed by atoms with van der Waals surface area (Å²) in [5, 5.41) is 8.27. The average Bonchev–Trinajstić information content (AvgIpc) is 2.59. The summed E-state index contributed by atoms with van der Waals surface area (Å²) in [6.07, 6.45) is 11.8. The second kappa shape index (κ2) is 5.17. The number of nitrogens with zero attached hydrogens (tertiary/aromatic N) is 3. The van der Waals surface area contributed by atoms with Crippen molar-refractivity contribution < 1.29 is 0 Å². The molecule has 0 aliphatic rings. The summed E-state index contributed by atoms with van der Waals surface area (Å²) in [6, 6.07) is 0. The summed E-state index contributed by atoms with van der Waals surface area (Å²) in [4.78, 5) is 1.56. The first-order chi connectivity index (χ1) is 6.77. The molecule has 0 saturated heterocycles. The van der Waals surface area contributed by atoms with E-state index >= 15 is 0 Å². The molecule has 74 valence electrons. The second-order valence-corrected chi connectivity index (χ2v) is 2.87. The van der Waals surface area contributed by atoms with Gasteiger partial charge in [0.25, 0.3) is 0 Å². The lowest BCUT2D eigenvalue weighted by Gasteiger charge is -1.93. The van der Waals surface area contributed by atoms with E-state index in [1.165, 1.54) is 0 Å².